The summed E-state index contributed by atoms with van der Waals surface area (Å²) in [5, 5.41) is 9.97. The molecule has 0 radical (unpaired) electrons. The molecule has 0 bridgehead atoms. The van der Waals surface area contributed by atoms with Crippen LogP contribution in [0.3, 0.4) is 0 Å². The average Bonchev–Trinajstić information content (AvgIpc) is 2.48. The van der Waals surface area contributed by atoms with Crippen molar-refractivity contribution in [1.29, 1.82) is 0 Å². The molecule has 0 atom stereocenters. The highest BCUT2D eigenvalue weighted by atomic mass is 16.3. The van der Waals surface area contributed by atoms with Crippen molar-refractivity contribution in [2.75, 3.05) is 11.4 Å². The van der Waals surface area contributed by atoms with Crippen LogP contribution in [0.2, 0.25) is 0 Å². The van der Waals surface area contributed by atoms with Crippen LogP contribution in [0.5, 0.6) is 5.75 Å². The van der Waals surface area contributed by atoms with E-state index in [4.69, 9.17) is 5.73 Å². The Balaban J connectivity index is 2.33. The SMILES string of the molecule is CCN(C(=O)c1ccc(C)cc1O)c1ccc(CN)cc1. The highest BCUT2D eigenvalue weighted by Crippen LogP contribution is 2.24. The standard InChI is InChI=1S/C17H20N2O2/c1-3-19(14-7-5-13(11-18)6-8-14)17(21)15-9-4-12(2)10-16(15)20/h4-10,20H,3,11,18H2,1-2H3. The molecule has 3 N–H and O–H groups in total. The van der Waals surface area contributed by atoms with Crippen molar-refractivity contribution >= 4 is 11.6 Å². The Kier molecular flexibility index (Phi) is 4.60. The van der Waals surface area contributed by atoms with Crippen LogP contribution in [0.25, 0.3) is 0 Å². The fourth-order valence-electron chi connectivity index (χ4n) is 2.22. The van der Waals surface area contributed by atoms with Crippen LogP contribution >= 0.6 is 0 Å². The van der Waals surface area contributed by atoms with Crippen LogP contribution in [-0.4, -0.2) is 17.6 Å². The number of carbonyl (C=O) groups is 1. The molecular formula is C17H20N2O2. The molecule has 1 amide bonds. The first-order valence-corrected chi connectivity index (χ1v) is 6.97. The number of rotatable bonds is 4. The molecule has 0 saturated heterocycles. The molecule has 0 aromatic heterocycles. The van der Waals surface area contributed by atoms with Crippen molar-refractivity contribution in [2.24, 2.45) is 5.73 Å². The van der Waals surface area contributed by atoms with Crippen LogP contribution in [0.4, 0.5) is 5.69 Å². The van der Waals surface area contributed by atoms with Gasteiger partial charge in [0.25, 0.3) is 5.91 Å². The Morgan fingerprint density at radius 1 is 1.19 bits per heavy atom. The van der Waals surface area contributed by atoms with Crippen LogP contribution in [0, 0.1) is 6.92 Å². The van der Waals surface area contributed by atoms with Crippen molar-refractivity contribution in [3.8, 4) is 5.75 Å². The van der Waals surface area contributed by atoms with Crippen LogP contribution in [-0.2, 0) is 6.54 Å². The third-order valence-corrected chi connectivity index (χ3v) is 3.43. The van der Waals surface area contributed by atoms with Gasteiger partial charge in [0.2, 0.25) is 0 Å². The molecule has 4 nitrogen and oxygen atoms in total. The second kappa shape index (κ2) is 6.41. The van der Waals surface area contributed by atoms with Gasteiger partial charge in [0.05, 0.1) is 5.56 Å². The van der Waals surface area contributed by atoms with Gasteiger partial charge in [-0.25, -0.2) is 0 Å². The van der Waals surface area contributed by atoms with E-state index in [2.05, 4.69) is 0 Å². The molecular weight excluding hydrogens is 264 g/mol. The minimum Gasteiger partial charge on any atom is -0.507 e. The molecule has 2 aromatic carbocycles. The van der Waals surface area contributed by atoms with Gasteiger partial charge in [0, 0.05) is 18.8 Å². The molecule has 0 saturated carbocycles. The minimum atomic E-state index is -0.213. The molecule has 2 rings (SSSR count). The second-order valence-electron chi connectivity index (χ2n) is 4.94. The summed E-state index contributed by atoms with van der Waals surface area (Å²) in [4.78, 5) is 14.2. The van der Waals surface area contributed by atoms with Crippen LogP contribution in [0.15, 0.2) is 42.5 Å². The highest BCUT2D eigenvalue weighted by Gasteiger charge is 2.19. The van der Waals surface area contributed by atoms with Gasteiger partial charge < -0.3 is 15.7 Å². The number of nitrogens with two attached hydrogens (primary N) is 1. The monoisotopic (exact) mass is 284 g/mol. The van der Waals surface area contributed by atoms with Crippen molar-refractivity contribution in [3.05, 3.63) is 59.2 Å². The summed E-state index contributed by atoms with van der Waals surface area (Å²) in [6.07, 6.45) is 0. The van der Waals surface area contributed by atoms with E-state index in [-0.39, 0.29) is 11.7 Å². The predicted molar refractivity (Wildman–Crippen MR) is 84.5 cm³/mol. The number of hydrogen-bond donors (Lipinski definition) is 2. The van der Waals surface area contributed by atoms with Gasteiger partial charge in [-0.2, -0.15) is 0 Å². The number of phenols is 1. The molecule has 0 fully saturated rings. The van der Waals surface area contributed by atoms with E-state index in [0.29, 0.717) is 18.7 Å². The quantitative estimate of drug-likeness (QED) is 0.907. The van der Waals surface area contributed by atoms with E-state index in [1.54, 1.807) is 17.0 Å². The maximum absolute atomic E-state index is 12.6. The first-order chi connectivity index (χ1) is 10.1. The molecule has 0 aliphatic rings. The lowest BCUT2D eigenvalue weighted by molar-refractivity contribution is 0.0985. The number of aromatic hydroxyl groups is 1. The van der Waals surface area contributed by atoms with Gasteiger partial charge in [0.15, 0.2) is 0 Å². The van der Waals surface area contributed by atoms with E-state index in [9.17, 15) is 9.90 Å². The topological polar surface area (TPSA) is 66.6 Å². The molecule has 0 aliphatic carbocycles. The Morgan fingerprint density at radius 3 is 2.38 bits per heavy atom. The second-order valence-corrected chi connectivity index (χ2v) is 4.94. The van der Waals surface area contributed by atoms with Gasteiger partial charge in [-0.05, 0) is 49.2 Å². The number of amides is 1. The Labute approximate surface area is 124 Å². The summed E-state index contributed by atoms with van der Waals surface area (Å²) in [5.74, 6) is -0.201. The highest BCUT2D eigenvalue weighted by molar-refractivity contribution is 6.07. The molecule has 110 valence electrons. The first-order valence-electron chi connectivity index (χ1n) is 6.97. The fraction of sp³-hybridized carbons (Fsp3) is 0.235. The molecule has 0 heterocycles. The lowest BCUT2D eigenvalue weighted by Crippen LogP contribution is -2.30. The molecule has 2 aromatic rings. The fourth-order valence-corrected chi connectivity index (χ4v) is 2.22. The number of hydrogen-bond acceptors (Lipinski definition) is 3. The third kappa shape index (κ3) is 3.23. The lowest BCUT2D eigenvalue weighted by Gasteiger charge is -2.22. The van der Waals surface area contributed by atoms with Crippen LogP contribution < -0.4 is 10.6 Å². The van der Waals surface area contributed by atoms with E-state index in [1.165, 1.54) is 0 Å². The molecule has 0 spiro atoms. The number of benzene rings is 2. The van der Waals surface area contributed by atoms with E-state index in [0.717, 1.165) is 16.8 Å². The zero-order chi connectivity index (χ0) is 15.4. The number of carbonyl (C=O) groups excluding carboxylic acids is 1. The zero-order valence-electron chi connectivity index (χ0n) is 12.3. The summed E-state index contributed by atoms with van der Waals surface area (Å²) >= 11 is 0. The summed E-state index contributed by atoms with van der Waals surface area (Å²) in [5.41, 5.74) is 8.61. The maximum atomic E-state index is 12.6. The minimum absolute atomic E-state index is 0.0111. The Morgan fingerprint density at radius 2 is 1.86 bits per heavy atom. The van der Waals surface area contributed by atoms with Gasteiger partial charge in [0.1, 0.15) is 5.75 Å². The molecule has 4 heteroatoms. The van der Waals surface area contributed by atoms with Crippen LogP contribution in [0.1, 0.15) is 28.4 Å². The molecule has 0 unspecified atom stereocenters. The van der Waals surface area contributed by atoms with E-state index in [1.807, 2.05) is 44.2 Å². The zero-order valence-corrected chi connectivity index (χ0v) is 12.3. The van der Waals surface area contributed by atoms with Crippen molar-refractivity contribution in [2.45, 2.75) is 20.4 Å². The molecule has 21 heavy (non-hydrogen) atoms. The average molecular weight is 284 g/mol. The van der Waals surface area contributed by atoms with E-state index >= 15 is 0 Å². The van der Waals surface area contributed by atoms with Gasteiger partial charge >= 0.3 is 0 Å². The number of aryl methyl sites for hydroxylation is 1. The molecule has 0 aliphatic heterocycles. The van der Waals surface area contributed by atoms with E-state index < -0.39 is 0 Å². The third-order valence-electron chi connectivity index (χ3n) is 3.43. The van der Waals surface area contributed by atoms with Gasteiger partial charge in [-0.1, -0.05) is 18.2 Å². The maximum Gasteiger partial charge on any atom is 0.262 e. The summed E-state index contributed by atoms with van der Waals surface area (Å²) in [6.45, 7) is 4.77. The smallest absolute Gasteiger partial charge is 0.262 e. The predicted octanol–water partition coefficient (Wildman–Crippen LogP) is 2.83. The number of nitrogens with zero attached hydrogens (tertiary/aromatic N) is 1. The van der Waals surface area contributed by atoms with Crippen molar-refractivity contribution in [3.63, 3.8) is 0 Å². The summed E-state index contributed by atoms with van der Waals surface area (Å²) in [6, 6.07) is 12.6. The Hall–Kier alpha value is -2.33. The normalized spacial score (nSPS) is 10.4. The van der Waals surface area contributed by atoms with Gasteiger partial charge in [-0.3, -0.25) is 4.79 Å². The summed E-state index contributed by atoms with van der Waals surface area (Å²) in [7, 11) is 0. The number of phenolic OH excluding ortho intramolecular Hbond substituents is 1. The lowest BCUT2D eigenvalue weighted by atomic mass is 10.1. The van der Waals surface area contributed by atoms with Crippen molar-refractivity contribution < 1.29 is 9.90 Å². The van der Waals surface area contributed by atoms with Crippen molar-refractivity contribution in [1.82, 2.24) is 0 Å². The largest absolute Gasteiger partial charge is 0.507 e. The summed E-state index contributed by atoms with van der Waals surface area (Å²) < 4.78 is 0. The van der Waals surface area contributed by atoms with Gasteiger partial charge in [-0.15, -0.1) is 0 Å². The first kappa shape index (κ1) is 15.1. The Bertz CT molecular complexity index is 636. The number of anilines is 1.